The number of thiophene rings is 2. The van der Waals surface area contributed by atoms with Crippen molar-refractivity contribution < 1.29 is 14.6 Å². The number of aromatic nitrogens is 1. The molecule has 0 bridgehead atoms. The number of fused-ring (bicyclic) bond motifs is 3. The summed E-state index contributed by atoms with van der Waals surface area (Å²) < 4.78 is 6.23. The molecule has 3 heterocycles. The summed E-state index contributed by atoms with van der Waals surface area (Å²) in [6.07, 6.45) is -1.02. The van der Waals surface area contributed by atoms with E-state index < -0.39 is 6.09 Å². The first-order valence-corrected chi connectivity index (χ1v) is 9.38. The summed E-state index contributed by atoms with van der Waals surface area (Å²) in [5.41, 5.74) is 1.45. The lowest BCUT2D eigenvalue weighted by Gasteiger charge is -2.12. The van der Waals surface area contributed by atoms with E-state index in [2.05, 4.69) is 4.98 Å². The zero-order valence-electron chi connectivity index (χ0n) is 13.9. The van der Waals surface area contributed by atoms with Gasteiger partial charge in [-0.1, -0.05) is 0 Å². The van der Waals surface area contributed by atoms with Gasteiger partial charge in [-0.2, -0.15) is 0 Å². The third-order valence-electron chi connectivity index (χ3n) is 4.23. The number of amides is 1. The predicted molar refractivity (Wildman–Crippen MR) is 106 cm³/mol. The monoisotopic (exact) mass is 386 g/mol. The number of pyridine rings is 1. The van der Waals surface area contributed by atoms with Gasteiger partial charge < -0.3 is 14.8 Å². The second kappa shape index (κ2) is 6.15. The number of H-pyrrole nitrogens is 1. The fourth-order valence-corrected chi connectivity index (χ4v) is 4.79. The first-order valence-electron chi connectivity index (χ1n) is 7.68. The second-order valence-electron chi connectivity index (χ2n) is 5.66. The number of nitrogens with zero attached hydrogens (tertiary/aromatic N) is 1. The van der Waals surface area contributed by atoms with Gasteiger partial charge in [-0.25, -0.2) is 4.79 Å². The Labute approximate surface area is 155 Å². The zero-order valence-corrected chi connectivity index (χ0v) is 15.5. The van der Waals surface area contributed by atoms with Gasteiger partial charge in [0.05, 0.1) is 7.11 Å². The van der Waals surface area contributed by atoms with Crippen LogP contribution in [0, 0.1) is 0 Å². The van der Waals surface area contributed by atoms with Gasteiger partial charge in [0.2, 0.25) is 0 Å². The molecule has 0 aliphatic rings. The van der Waals surface area contributed by atoms with Crippen LogP contribution < -0.4 is 15.2 Å². The molecule has 0 fully saturated rings. The highest BCUT2D eigenvalue weighted by Gasteiger charge is 2.19. The molecule has 0 saturated carbocycles. The first-order chi connectivity index (χ1) is 12.5. The van der Waals surface area contributed by atoms with Crippen molar-refractivity contribution >= 4 is 54.8 Å². The Kier molecular flexibility index (Phi) is 3.93. The number of aromatic amines is 1. The molecule has 0 aliphatic carbocycles. The fourth-order valence-electron chi connectivity index (χ4n) is 2.98. The summed E-state index contributed by atoms with van der Waals surface area (Å²) >= 11 is 2.75. The minimum Gasteiger partial charge on any atom is -0.496 e. The van der Waals surface area contributed by atoms with Crippen LogP contribution in [-0.4, -0.2) is 30.3 Å². The maximum atomic E-state index is 12.3. The summed E-state index contributed by atoms with van der Waals surface area (Å²) in [5.74, 6) is 0.670. The van der Waals surface area contributed by atoms with E-state index in [1.54, 1.807) is 13.2 Å². The number of ether oxygens (including phenoxy) is 1. The van der Waals surface area contributed by atoms with E-state index in [4.69, 9.17) is 4.74 Å². The Morgan fingerprint density at radius 1 is 1.23 bits per heavy atom. The molecule has 0 spiro atoms. The van der Waals surface area contributed by atoms with Crippen molar-refractivity contribution in [3.8, 4) is 16.2 Å². The van der Waals surface area contributed by atoms with Gasteiger partial charge in [0.1, 0.15) is 15.5 Å². The van der Waals surface area contributed by atoms with E-state index in [0.29, 0.717) is 15.5 Å². The van der Waals surface area contributed by atoms with Crippen molar-refractivity contribution in [3.05, 3.63) is 46.1 Å². The number of carboxylic acid groups (broad SMARTS) is 1. The summed E-state index contributed by atoms with van der Waals surface area (Å²) in [6, 6.07) is 9.21. The van der Waals surface area contributed by atoms with Crippen LogP contribution in [0.15, 0.2) is 40.5 Å². The molecule has 3 aromatic heterocycles. The van der Waals surface area contributed by atoms with Gasteiger partial charge in [0, 0.05) is 33.8 Å². The highest BCUT2D eigenvalue weighted by Crippen LogP contribution is 2.44. The number of benzene rings is 1. The van der Waals surface area contributed by atoms with Crippen LogP contribution in [0.2, 0.25) is 0 Å². The fraction of sp³-hybridized carbons (Fsp3) is 0.111. The SMILES string of the molecule is COc1ccc2[nH]c(=O)c3sccc3c2c1-c1ccc(N(C)C(=O)O)s1. The molecule has 2 N–H and O–H groups in total. The van der Waals surface area contributed by atoms with Crippen LogP contribution in [-0.2, 0) is 0 Å². The van der Waals surface area contributed by atoms with Crippen LogP contribution in [0.4, 0.5) is 9.80 Å². The van der Waals surface area contributed by atoms with Gasteiger partial charge in [-0.15, -0.1) is 22.7 Å². The van der Waals surface area contributed by atoms with Crippen LogP contribution in [0.5, 0.6) is 5.75 Å². The molecule has 4 rings (SSSR count). The number of hydrogen-bond donors (Lipinski definition) is 2. The number of carbonyl (C=O) groups is 1. The lowest BCUT2D eigenvalue weighted by molar-refractivity contribution is 0.203. The Morgan fingerprint density at radius 3 is 2.77 bits per heavy atom. The molecular formula is C18H14N2O4S2. The summed E-state index contributed by atoms with van der Waals surface area (Å²) in [6.45, 7) is 0. The van der Waals surface area contributed by atoms with Gasteiger partial charge in [-0.05, 0) is 35.7 Å². The Balaban J connectivity index is 2.06. The molecular weight excluding hydrogens is 372 g/mol. The van der Waals surface area contributed by atoms with E-state index in [0.717, 1.165) is 26.7 Å². The van der Waals surface area contributed by atoms with E-state index in [-0.39, 0.29) is 5.56 Å². The van der Waals surface area contributed by atoms with E-state index >= 15 is 0 Å². The Morgan fingerprint density at radius 2 is 2.04 bits per heavy atom. The summed E-state index contributed by atoms with van der Waals surface area (Å²) in [4.78, 5) is 28.5. The molecule has 8 heteroatoms. The van der Waals surface area contributed by atoms with Gasteiger partial charge in [-0.3, -0.25) is 9.69 Å². The quantitative estimate of drug-likeness (QED) is 0.539. The number of nitrogens with one attached hydrogen (secondary N) is 1. The lowest BCUT2D eigenvalue weighted by Crippen LogP contribution is -2.22. The summed E-state index contributed by atoms with van der Waals surface area (Å²) in [5, 5.41) is 13.5. The predicted octanol–water partition coefficient (Wildman–Crippen LogP) is 4.59. The Hall–Kier alpha value is -2.84. The third kappa shape index (κ3) is 2.46. The van der Waals surface area contributed by atoms with Crippen LogP contribution in [0.25, 0.3) is 31.4 Å². The van der Waals surface area contributed by atoms with Gasteiger partial charge >= 0.3 is 6.09 Å². The maximum Gasteiger partial charge on any atom is 0.412 e. The number of hydrogen-bond acceptors (Lipinski definition) is 5. The largest absolute Gasteiger partial charge is 0.496 e. The highest BCUT2D eigenvalue weighted by atomic mass is 32.1. The minimum absolute atomic E-state index is 0.115. The standard InChI is InChI=1S/C18H14N2O4S2/c1-20(18(22)23)13-6-5-12(26-13)15-11(24-2)4-3-10-14(15)9-7-8-25-16(9)17(21)19-10/h3-8H,1-2H3,(H,19,21)(H,22,23). The van der Waals surface area contributed by atoms with Crippen molar-refractivity contribution in [2.75, 3.05) is 19.1 Å². The number of anilines is 1. The average Bonchev–Trinajstić information content (AvgIpc) is 3.30. The maximum absolute atomic E-state index is 12.3. The average molecular weight is 386 g/mol. The van der Waals surface area contributed by atoms with E-state index in [9.17, 15) is 14.7 Å². The molecule has 1 amide bonds. The molecule has 0 aliphatic heterocycles. The molecule has 0 saturated heterocycles. The van der Waals surface area contributed by atoms with Gasteiger partial charge in [0.25, 0.3) is 5.56 Å². The van der Waals surface area contributed by atoms with Crippen LogP contribution >= 0.6 is 22.7 Å². The van der Waals surface area contributed by atoms with E-state index in [1.165, 1.54) is 34.6 Å². The van der Waals surface area contributed by atoms with Crippen molar-refractivity contribution in [1.29, 1.82) is 0 Å². The minimum atomic E-state index is -1.02. The second-order valence-corrected chi connectivity index (χ2v) is 7.64. The van der Waals surface area contributed by atoms with Crippen molar-refractivity contribution in [1.82, 2.24) is 4.98 Å². The van der Waals surface area contributed by atoms with Crippen molar-refractivity contribution in [3.63, 3.8) is 0 Å². The smallest absolute Gasteiger partial charge is 0.412 e. The van der Waals surface area contributed by atoms with Crippen molar-refractivity contribution in [2.24, 2.45) is 0 Å². The van der Waals surface area contributed by atoms with Crippen LogP contribution in [0.3, 0.4) is 0 Å². The van der Waals surface area contributed by atoms with Crippen LogP contribution in [0.1, 0.15) is 0 Å². The molecule has 0 unspecified atom stereocenters. The van der Waals surface area contributed by atoms with E-state index in [1.807, 2.05) is 29.6 Å². The first kappa shape index (κ1) is 16.6. The summed E-state index contributed by atoms with van der Waals surface area (Å²) in [7, 11) is 3.10. The molecule has 6 nitrogen and oxygen atoms in total. The lowest BCUT2D eigenvalue weighted by atomic mass is 10.0. The molecule has 4 aromatic rings. The normalized spacial score (nSPS) is 11.2. The molecule has 0 atom stereocenters. The van der Waals surface area contributed by atoms with Gasteiger partial charge in [0.15, 0.2) is 0 Å². The topological polar surface area (TPSA) is 82.6 Å². The Bertz CT molecular complexity index is 1210. The number of methoxy groups -OCH3 is 1. The zero-order chi connectivity index (χ0) is 18.4. The third-order valence-corrected chi connectivity index (χ3v) is 6.32. The molecule has 132 valence electrons. The molecule has 1 aromatic carbocycles. The highest BCUT2D eigenvalue weighted by molar-refractivity contribution is 7.19. The van der Waals surface area contributed by atoms with Crippen molar-refractivity contribution in [2.45, 2.75) is 0 Å². The molecule has 26 heavy (non-hydrogen) atoms. The number of rotatable bonds is 3. The molecule has 0 radical (unpaired) electrons.